The fourth-order valence-electron chi connectivity index (χ4n) is 1.82. The minimum absolute atomic E-state index is 0.00127. The van der Waals surface area contributed by atoms with Crippen molar-refractivity contribution in [1.82, 2.24) is 10.6 Å². The number of nitrogens with two attached hydrogens (primary N) is 1. The predicted molar refractivity (Wildman–Crippen MR) is 73.0 cm³/mol. The Hall–Kier alpha value is -1.10. The van der Waals surface area contributed by atoms with Crippen molar-refractivity contribution in [3.8, 4) is 0 Å². The average Bonchev–Trinajstić information content (AvgIpc) is 2.36. The van der Waals surface area contributed by atoms with Gasteiger partial charge in [0.15, 0.2) is 0 Å². The molecule has 0 heterocycles. The zero-order chi connectivity index (χ0) is 14.0. The molecule has 0 saturated heterocycles. The molecule has 0 aliphatic carbocycles. The Kier molecular flexibility index (Phi) is 8.37. The Morgan fingerprint density at radius 3 is 2.06 bits per heavy atom. The predicted octanol–water partition coefficient (Wildman–Crippen LogP) is 0.927. The molecule has 0 aromatic carbocycles. The normalized spacial score (nSPS) is 11.1. The Balaban J connectivity index is 4.00. The number of amides is 2. The maximum atomic E-state index is 11.8. The average molecular weight is 257 g/mol. The lowest BCUT2D eigenvalue weighted by molar-refractivity contribution is -0.123. The maximum absolute atomic E-state index is 11.8. The molecule has 5 heteroatoms. The van der Waals surface area contributed by atoms with Gasteiger partial charge >= 0.3 is 0 Å². The zero-order valence-corrected chi connectivity index (χ0v) is 11.8. The van der Waals surface area contributed by atoms with Gasteiger partial charge in [0, 0.05) is 25.9 Å². The highest BCUT2D eigenvalue weighted by Gasteiger charge is 2.25. The third-order valence-electron chi connectivity index (χ3n) is 3.33. The molecule has 0 fully saturated rings. The van der Waals surface area contributed by atoms with Crippen molar-refractivity contribution >= 4 is 11.8 Å². The number of carbonyl (C=O) groups excluding carboxylic acids is 2. The molecule has 0 radical (unpaired) electrons. The van der Waals surface area contributed by atoms with Crippen molar-refractivity contribution in [2.45, 2.75) is 58.4 Å². The van der Waals surface area contributed by atoms with E-state index in [1.54, 1.807) is 0 Å². The summed E-state index contributed by atoms with van der Waals surface area (Å²) < 4.78 is 0. The second-order valence-electron chi connectivity index (χ2n) is 4.55. The molecular formula is C13H27N3O2. The molecule has 0 aromatic rings. The van der Waals surface area contributed by atoms with E-state index in [4.69, 9.17) is 5.73 Å². The van der Waals surface area contributed by atoms with Gasteiger partial charge in [0.2, 0.25) is 11.8 Å². The van der Waals surface area contributed by atoms with Crippen LogP contribution in [0.1, 0.15) is 52.9 Å². The summed E-state index contributed by atoms with van der Waals surface area (Å²) in [6.07, 6.45) is 2.99. The van der Waals surface area contributed by atoms with Gasteiger partial charge in [-0.05, 0) is 26.2 Å². The summed E-state index contributed by atoms with van der Waals surface area (Å²) in [5.41, 5.74) is 5.43. The zero-order valence-electron chi connectivity index (χ0n) is 11.8. The number of hydrogen-bond acceptors (Lipinski definition) is 3. The first-order chi connectivity index (χ1) is 8.53. The fourth-order valence-corrected chi connectivity index (χ4v) is 1.82. The van der Waals surface area contributed by atoms with Crippen LogP contribution in [0.25, 0.3) is 0 Å². The largest absolute Gasteiger partial charge is 0.356 e. The van der Waals surface area contributed by atoms with Gasteiger partial charge in [0.1, 0.15) is 0 Å². The van der Waals surface area contributed by atoms with E-state index in [1.807, 2.05) is 20.8 Å². The molecule has 0 rings (SSSR count). The topological polar surface area (TPSA) is 84.2 Å². The van der Waals surface area contributed by atoms with Crippen LogP contribution < -0.4 is 16.4 Å². The van der Waals surface area contributed by atoms with Crippen LogP contribution in [-0.4, -0.2) is 30.4 Å². The molecule has 0 aliphatic rings. The summed E-state index contributed by atoms with van der Waals surface area (Å²) in [6.45, 7) is 6.99. The quantitative estimate of drug-likeness (QED) is 0.574. The molecule has 106 valence electrons. The van der Waals surface area contributed by atoms with Crippen LogP contribution in [0.15, 0.2) is 0 Å². The van der Waals surface area contributed by atoms with E-state index in [0.717, 1.165) is 12.8 Å². The Labute approximate surface area is 110 Å². The Bertz CT molecular complexity index is 255. The van der Waals surface area contributed by atoms with Crippen molar-refractivity contribution in [1.29, 1.82) is 0 Å². The van der Waals surface area contributed by atoms with Crippen LogP contribution >= 0.6 is 0 Å². The molecule has 0 spiro atoms. The summed E-state index contributed by atoms with van der Waals surface area (Å²) in [5, 5.41) is 5.70. The minimum Gasteiger partial charge on any atom is -0.356 e. The van der Waals surface area contributed by atoms with Crippen LogP contribution in [0.2, 0.25) is 0 Å². The third kappa shape index (κ3) is 6.00. The van der Waals surface area contributed by atoms with Crippen molar-refractivity contribution < 1.29 is 9.59 Å². The van der Waals surface area contributed by atoms with E-state index >= 15 is 0 Å². The van der Waals surface area contributed by atoms with Crippen LogP contribution in [-0.2, 0) is 9.59 Å². The Morgan fingerprint density at radius 1 is 1.06 bits per heavy atom. The van der Waals surface area contributed by atoms with Gasteiger partial charge < -0.3 is 16.4 Å². The van der Waals surface area contributed by atoms with Crippen molar-refractivity contribution in [3.05, 3.63) is 0 Å². The van der Waals surface area contributed by atoms with E-state index in [9.17, 15) is 9.59 Å². The summed E-state index contributed by atoms with van der Waals surface area (Å²) in [6, 6.07) is 0. The van der Waals surface area contributed by atoms with Gasteiger partial charge in [-0.15, -0.1) is 0 Å². The molecule has 0 aliphatic heterocycles. The lowest BCUT2D eigenvalue weighted by atomic mass is 9.92. The molecule has 0 aromatic heterocycles. The van der Waals surface area contributed by atoms with E-state index in [1.165, 1.54) is 0 Å². The van der Waals surface area contributed by atoms with Crippen molar-refractivity contribution in [2.75, 3.05) is 13.1 Å². The highest BCUT2D eigenvalue weighted by molar-refractivity contribution is 5.79. The van der Waals surface area contributed by atoms with Gasteiger partial charge in [-0.25, -0.2) is 0 Å². The molecule has 2 amide bonds. The summed E-state index contributed by atoms with van der Waals surface area (Å²) >= 11 is 0. The molecule has 18 heavy (non-hydrogen) atoms. The van der Waals surface area contributed by atoms with E-state index < -0.39 is 0 Å². The maximum Gasteiger partial charge on any atom is 0.220 e. The number of nitrogens with one attached hydrogen (secondary N) is 2. The van der Waals surface area contributed by atoms with Crippen LogP contribution in [0, 0.1) is 0 Å². The molecule has 0 bridgehead atoms. The summed E-state index contributed by atoms with van der Waals surface area (Å²) in [7, 11) is 0. The number of carbonyl (C=O) groups is 2. The highest BCUT2D eigenvalue weighted by Crippen LogP contribution is 2.13. The van der Waals surface area contributed by atoms with Gasteiger partial charge in [-0.3, -0.25) is 9.59 Å². The second kappa shape index (κ2) is 8.91. The van der Waals surface area contributed by atoms with E-state index in [2.05, 4.69) is 10.6 Å². The van der Waals surface area contributed by atoms with Gasteiger partial charge in [0.25, 0.3) is 0 Å². The van der Waals surface area contributed by atoms with Gasteiger partial charge in [-0.1, -0.05) is 13.8 Å². The number of rotatable bonds is 9. The highest BCUT2D eigenvalue weighted by atomic mass is 16.2. The standard InChI is InChI=1S/C13H27N3O2/c1-4-13(5-2,10-14)16-12(18)9-7-8-11(17)15-6-3/h4-10,14H2,1-3H3,(H,15,17)(H,16,18). The first kappa shape index (κ1) is 16.9. The molecule has 0 unspecified atom stereocenters. The van der Waals surface area contributed by atoms with E-state index in [0.29, 0.717) is 32.4 Å². The van der Waals surface area contributed by atoms with Crippen LogP contribution in [0.4, 0.5) is 0 Å². The lowest BCUT2D eigenvalue weighted by Crippen LogP contribution is -2.52. The first-order valence-electron chi connectivity index (χ1n) is 6.81. The summed E-state index contributed by atoms with van der Waals surface area (Å²) in [5.74, 6) is -0.0187. The Morgan fingerprint density at radius 2 is 1.61 bits per heavy atom. The smallest absolute Gasteiger partial charge is 0.220 e. The van der Waals surface area contributed by atoms with Crippen molar-refractivity contribution in [3.63, 3.8) is 0 Å². The second-order valence-corrected chi connectivity index (χ2v) is 4.55. The first-order valence-corrected chi connectivity index (χ1v) is 6.81. The van der Waals surface area contributed by atoms with Crippen LogP contribution in [0.3, 0.4) is 0 Å². The third-order valence-corrected chi connectivity index (χ3v) is 3.33. The molecule has 4 N–H and O–H groups in total. The van der Waals surface area contributed by atoms with Crippen molar-refractivity contribution in [2.24, 2.45) is 5.73 Å². The SMILES string of the molecule is CCNC(=O)CCCC(=O)NC(CC)(CC)CN. The van der Waals surface area contributed by atoms with Gasteiger partial charge in [0.05, 0.1) is 5.54 Å². The fraction of sp³-hybridized carbons (Fsp3) is 0.846. The lowest BCUT2D eigenvalue weighted by Gasteiger charge is -2.31. The molecular weight excluding hydrogens is 230 g/mol. The molecule has 0 saturated carbocycles. The molecule has 0 atom stereocenters. The van der Waals surface area contributed by atoms with E-state index in [-0.39, 0.29) is 17.4 Å². The monoisotopic (exact) mass is 257 g/mol. The molecule has 5 nitrogen and oxygen atoms in total. The minimum atomic E-state index is -0.289. The summed E-state index contributed by atoms with van der Waals surface area (Å²) in [4.78, 5) is 23.0. The number of hydrogen-bond donors (Lipinski definition) is 3. The van der Waals surface area contributed by atoms with Crippen LogP contribution in [0.5, 0.6) is 0 Å². The van der Waals surface area contributed by atoms with Gasteiger partial charge in [-0.2, -0.15) is 0 Å².